The molecule has 1 N–H and O–H groups in total. The van der Waals surface area contributed by atoms with Crippen molar-refractivity contribution in [2.24, 2.45) is 0 Å². The molecule has 0 saturated heterocycles. The number of hydrogen-bond acceptors (Lipinski definition) is 5. The number of rotatable bonds is 4. The van der Waals surface area contributed by atoms with E-state index in [0.29, 0.717) is 18.1 Å². The van der Waals surface area contributed by atoms with Gasteiger partial charge in [0.1, 0.15) is 16.9 Å². The highest BCUT2D eigenvalue weighted by Gasteiger charge is 2.24. The number of aromatic nitrogens is 1. The van der Waals surface area contributed by atoms with Crippen molar-refractivity contribution in [3.8, 4) is 5.75 Å². The SMILES string of the molecule is O=S(=O)(NCc1cocn1)c1cccc2c1OCC2. The summed E-state index contributed by atoms with van der Waals surface area (Å²) in [5.74, 6) is 0.454. The fraction of sp³-hybridized carbons (Fsp3) is 0.250. The van der Waals surface area contributed by atoms with Crippen LogP contribution in [-0.4, -0.2) is 20.0 Å². The van der Waals surface area contributed by atoms with Crippen molar-refractivity contribution in [1.29, 1.82) is 0 Å². The van der Waals surface area contributed by atoms with Crippen LogP contribution in [-0.2, 0) is 23.0 Å². The summed E-state index contributed by atoms with van der Waals surface area (Å²) in [5, 5.41) is 0. The van der Waals surface area contributed by atoms with Crippen molar-refractivity contribution in [2.45, 2.75) is 17.9 Å². The molecule has 0 fully saturated rings. The number of nitrogens with zero attached hydrogens (tertiary/aromatic N) is 1. The predicted molar refractivity (Wildman–Crippen MR) is 66.2 cm³/mol. The first-order valence-electron chi connectivity index (χ1n) is 5.78. The summed E-state index contributed by atoms with van der Waals surface area (Å²) in [7, 11) is -3.62. The van der Waals surface area contributed by atoms with Crippen LogP contribution in [0.1, 0.15) is 11.3 Å². The minimum atomic E-state index is -3.62. The van der Waals surface area contributed by atoms with Crippen LogP contribution in [0.15, 0.2) is 40.2 Å². The molecular formula is C12H12N2O4S. The minimum Gasteiger partial charge on any atom is -0.492 e. The van der Waals surface area contributed by atoms with Crippen LogP contribution in [0.25, 0.3) is 0 Å². The fourth-order valence-electron chi connectivity index (χ4n) is 1.97. The van der Waals surface area contributed by atoms with Gasteiger partial charge in [-0.1, -0.05) is 12.1 Å². The number of benzene rings is 1. The van der Waals surface area contributed by atoms with Gasteiger partial charge in [0, 0.05) is 6.42 Å². The molecule has 6 nitrogen and oxygen atoms in total. The largest absolute Gasteiger partial charge is 0.492 e. The van der Waals surface area contributed by atoms with Gasteiger partial charge in [-0.25, -0.2) is 18.1 Å². The van der Waals surface area contributed by atoms with Crippen molar-refractivity contribution < 1.29 is 17.6 Å². The number of fused-ring (bicyclic) bond motifs is 1. The smallest absolute Gasteiger partial charge is 0.244 e. The number of hydrogen-bond donors (Lipinski definition) is 1. The average Bonchev–Trinajstić information content (AvgIpc) is 3.06. The zero-order valence-corrected chi connectivity index (χ0v) is 10.8. The minimum absolute atomic E-state index is 0.0858. The van der Waals surface area contributed by atoms with Gasteiger partial charge in [-0.15, -0.1) is 0 Å². The summed E-state index contributed by atoms with van der Waals surface area (Å²) in [4.78, 5) is 4.03. The Morgan fingerprint density at radius 2 is 2.26 bits per heavy atom. The van der Waals surface area contributed by atoms with E-state index in [-0.39, 0.29) is 11.4 Å². The van der Waals surface area contributed by atoms with Crippen LogP contribution in [0.4, 0.5) is 0 Å². The Morgan fingerprint density at radius 3 is 3.05 bits per heavy atom. The molecule has 1 aliphatic heterocycles. The highest BCUT2D eigenvalue weighted by Crippen LogP contribution is 2.32. The quantitative estimate of drug-likeness (QED) is 0.906. The molecule has 0 unspecified atom stereocenters. The fourth-order valence-corrected chi connectivity index (χ4v) is 3.15. The summed E-state index contributed by atoms with van der Waals surface area (Å²) in [6.07, 6.45) is 3.39. The molecule has 0 aliphatic carbocycles. The molecule has 0 bridgehead atoms. The van der Waals surface area contributed by atoms with E-state index < -0.39 is 10.0 Å². The number of nitrogens with one attached hydrogen (secondary N) is 1. The van der Waals surface area contributed by atoms with E-state index in [0.717, 1.165) is 12.0 Å². The second-order valence-corrected chi connectivity index (χ2v) is 5.88. The number of para-hydroxylation sites is 1. The highest BCUT2D eigenvalue weighted by atomic mass is 32.2. The normalized spacial score (nSPS) is 14.1. The van der Waals surface area contributed by atoms with Gasteiger partial charge in [0.15, 0.2) is 6.39 Å². The summed E-state index contributed by atoms with van der Waals surface area (Å²) >= 11 is 0. The first-order valence-corrected chi connectivity index (χ1v) is 7.26. The van der Waals surface area contributed by atoms with Crippen molar-refractivity contribution in [3.63, 3.8) is 0 Å². The van der Waals surface area contributed by atoms with Crippen LogP contribution >= 0.6 is 0 Å². The van der Waals surface area contributed by atoms with Gasteiger partial charge in [-0.3, -0.25) is 0 Å². The highest BCUT2D eigenvalue weighted by molar-refractivity contribution is 7.89. The van der Waals surface area contributed by atoms with Crippen LogP contribution in [0.5, 0.6) is 5.75 Å². The Morgan fingerprint density at radius 1 is 1.37 bits per heavy atom. The monoisotopic (exact) mass is 280 g/mol. The first-order chi connectivity index (χ1) is 9.17. The predicted octanol–water partition coefficient (Wildman–Crippen LogP) is 1.09. The van der Waals surface area contributed by atoms with E-state index in [1.54, 1.807) is 6.07 Å². The molecule has 2 heterocycles. The second-order valence-electron chi connectivity index (χ2n) is 4.15. The van der Waals surface area contributed by atoms with E-state index >= 15 is 0 Å². The molecule has 1 aromatic heterocycles. The van der Waals surface area contributed by atoms with Gasteiger partial charge in [0.2, 0.25) is 10.0 Å². The maximum atomic E-state index is 12.2. The lowest BCUT2D eigenvalue weighted by molar-refractivity contribution is 0.348. The molecule has 0 saturated carbocycles. The van der Waals surface area contributed by atoms with Crippen LogP contribution in [0.3, 0.4) is 0 Å². The summed E-state index contributed by atoms with van der Waals surface area (Å²) < 4.78 is 37.1. The summed E-state index contributed by atoms with van der Waals surface area (Å²) in [5.41, 5.74) is 1.45. The Hall–Kier alpha value is -1.86. The van der Waals surface area contributed by atoms with Gasteiger partial charge < -0.3 is 9.15 Å². The number of oxazole rings is 1. The maximum absolute atomic E-state index is 12.2. The molecule has 19 heavy (non-hydrogen) atoms. The van der Waals surface area contributed by atoms with Crippen molar-refractivity contribution in [3.05, 3.63) is 42.1 Å². The van der Waals surface area contributed by atoms with E-state index in [9.17, 15) is 8.42 Å². The standard InChI is InChI=1S/C12H12N2O4S/c15-19(16,14-6-10-7-17-8-13-10)11-3-1-2-9-4-5-18-12(9)11/h1-3,7-8,14H,4-6H2. The average molecular weight is 280 g/mol. The number of sulfonamides is 1. The van der Waals surface area contributed by atoms with E-state index in [2.05, 4.69) is 9.71 Å². The van der Waals surface area contributed by atoms with Gasteiger partial charge >= 0.3 is 0 Å². The zero-order chi connectivity index (χ0) is 13.3. The van der Waals surface area contributed by atoms with Crippen molar-refractivity contribution in [1.82, 2.24) is 9.71 Å². The van der Waals surface area contributed by atoms with Crippen LogP contribution < -0.4 is 9.46 Å². The Labute approximate surface area is 110 Å². The van der Waals surface area contributed by atoms with Crippen molar-refractivity contribution in [2.75, 3.05) is 6.61 Å². The molecule has 0 atom stereocenters. The lowest BCUT2D eigenvalue weighted by atomic mass is 10.2. The molecule has 0 radical (unpaired) electrons. The number of ether oxygens (including phenoxy) is 1. The molecule has 1 aromatic carbocycles. The van der Waals surface area contributed by atoms with E-state index in [1.807, 2.05) is 6.07 Å². The third-order valence-electron chi connectivity index (χ3n) is 2.89. The third-order valence-corrected chi connectivity index (χ3v) is 4.32. The molecule has 0 amide bonds. The van der Waals surface area contributed by atoms with Gasteiger partial charge in [0.05, 0.1) is 18.8 Å². The second kappa shape index (κ2) is 4.67. The molecule has 2 aromatic rings. The molecule has 3 rings (SSSR count). The zero-order valence-electron chi connectivity index (χ0n) is 10.00. The van der Waals surface area contributed by atoms with Gasteiger partial charge in [-0.2, -0.15) is 0 Å². The third kappa shape index (κ3) is 2.34. The first kappa shape index (κ1) is 12.2. The van der Waals surface area contributed by atoms with E-state index in [1.165, 1.54) is 18.7 Å². The Balaban J connectivity index is 1.86. The van der Waals surface area contributed by atoms with Crippen LogP contribution in [0.2, 0.25) is 0 Å². The molecule has 1 aliphatic rings. The Kier molecular flexibility index (Phi) is 3.00. The summed E-state index contributed by atoms with van der Waals surface area (Å²) in [6, 6.07) is 5.13. The van der Waals surface area contributed by atoms with Crippen LogP contribution in [0, 0.1) is 0 Å². The lowest BCUT2D eigenvalue weighted by Gasteiger charge is -2.09. The van der Waals surface area contributed by atoms with E-state index in [4.69, 9.17) is 9.15 Å². The maximum Gasteiger partial charge on any atom is 0.244 e. The van der Waals surface area contributed by atoms with Gasteiger partial charge in [-0.05, 0) is 11.6 Å². The molecule has 7 heteroatoms. The molecule has 0 spiro atoms. The lowest BCUT2D eigenvalue weighted by Crippen LogP contribution is -2.23. The topological polar surface area (TPSA) is 81.4 Å². The molecule has 100 valence electrons. The van der Waals surface area contributed by atoms with Crippen molar-refractivity contribution >= 4 is 10.0 Å². The Bertz CT molecular complexity index is 680. The summed E-state index contributed by atoms with van der Waals surface area (Å²) in [6.45, 7) is 0.605. The van der Waals surface area contributed by atoms with Gasteiger partial charge in [0.25, 0.3) is 0 Å². The molecular weight excluding hydrogens is 268 g/mol.